The van der Waals surface area contributed by atoms with Crippen molar-refractivity contribution >= 4 is 35.5 Å². The van der Waals surface area contributed by atoms with E-state index in [-0.39, 0.29) is 56.5 Å². The second-order valence-electron chi connectivity index (χ2n) is 14.4. The van der Waals surface area contributed by atoms with Crippen LogP contribution in [0.1, 0.15) is 59.4 Å². The van der Waals surface area contributed by atoms with Crippen LogP contribution in [-0.4, -0.2) is 38.4 Å². The normalized spacial score (nSPS) is 11.5. The third kappa shape index (κ3) is 15.2. The molecule has 0 aliphatic heterocycles. The molecule has 5 rings (SSSR count). The summed E-state index contributed by atoms with van der Waals surface area (Å²) in [5.41, 5.74) is 12.5. The van der Waals surface area contributed by atoms with Gasteiger partial charge in [-0.2, -0.15) is 28.1 Å². The van der Waals surface area contributed by atoms with Gasteiger partial charge in [-0.25, -0.2) is 18.4 Å². The Labute approximate surface area is 381 Å². The van der Waals surface area contributed by atoms with Gasteiger partial charge < -0.3 is 39.9 Å². The van der Waals surface area contributed by atoms with E-state index in [4.69, 9.17) is 40.9 Å². The molecule has 0 saturated carbocycles. The maximum atomic E-state index is 15.0. The summed E-state index contributed by atoms with van der Waals surface area (Å²) >= 11 is 0. The number of esters is 2. The number of nitrogen functional groups attached to an aromatic ring is 2. The van der Waals surface area contributed by atoms with Crippen LogP contribution in [0.4, 0.5) is 37.7 Å². The first-order valence-electron chi connectivity index (χ1n) is 20.3. The molecule has 5 aromatic rings. The first kappa shape index (κ1) is 49.9. The molecule has 0 aliphatic carbocycles. The van der Waals surface area contributed by atoms with Crippen molar-refractivity contribution in [3.63, 3.8) is 0 Å². The highest BCUT2D eigenvalue weighted by Gasteiger charge is 2.36. The molecule has 67 heavy (non-hydrogen) atoms. The summed E-state index contributed by atoms with van der Waals surface area (Å²) in [4.78, 5) is 25.5. The highest BCUT2D eigenvalue weighted by Crippen LogP contribution is 2.36. The van der Waals surface area contributed by atoms with Crippen molar-refractivity contribution in [3.8, 4) is 35.1 Å². The lowest BCUT2D eigenvalue weighted by Gasteiger charge is -2.19. The second-order valence-corrected chi connectivity index (χ2v) is 14.4. The lowest BCUT2D eigenvalue weighted by atomic mass is 9.98. The van der Waals surface area contributed by atoms with Gasteiger partial charge in [0, 0.05) is 48.5 Å². The number of nitrogens with two attached hydrogens (primary N) is 2. The van der Waals surface area contributed by atoms with Crippen molar-refractivity contribution in [2.45, 2.75) is 43.8 Å². The van der Waals surface area contributed by atoms with Crippen molar-refractivity contribution in [2.75, 3.05) is 37.9 Å². The Bertz CT molecular complexity index is 2480. The number of benzene rings is 5. The van der Waals surface area contributed by atoms with E-state index >= 15 is 0 Å². The average Bonchev–Trinajstić information content (AvgIpc) is 3.30. The van der Waals surface area contributed by atoms with E-state index in [2.05, 4.69) is 9.47 Å². The van der Waals surface area contributed by atoms with Crippen molar-refractivity contribution in [1.29, 1.82) is 10.5 Å². The van der Waals surface area contributed by atoms with Gasteiger partial charge in [0.2, 0.25) is 0 Å². The molecule has 0 aliphatic rings. The summed E-state index contributed by atoms with van der Waals surface area (Å²) in [7, 11) is 0. The number of nitrogens with zero attached hydrogens (tertiary/aromatic N) is 2. The Morgan fingerprint density at radius 1 is 0.612 bits per heavy atom. The fourth-order valence-corrected chi connectivity index (χ4v) is 5.94. The third-order valence-corrected chi connectivity index (χ3v) is 9.41. The van der Waals surface area contributed by atoms with Crippen LogP contribution in [0.25, 0.3) is 12.2 Å². The third-order valence-electron chi connectivity index (χ3n) is 9.41. The monoisotopic (exact) mass is 928 g/mol. The molecule has 0 spiro atoms. The highest BCUT2D eigenvalue weighted by atomic mass is 19.3. The zero-order valence-corrected chi connectivity index (χ0v) is 35.4. The molecule has 12 nitrogen and oxygen atoms in total. The van der Waals surface area contributed by atoms with Crippen molar-refractivity contribution in [2.24, 2.45) is 0 Å². The molecule has 348 valence electrons. The number of carbonyl (C=O) groups excluding carboxylic acids is 2. The van der Waals surface area contributed by atoms with Gasteiger partial charge in [-0.15, -0.1) is 0 Å². The van der Waals surface area contributed by atoms with Crippen molar-refractivity contribution in [3.05, 3.63) is 155 Å². The molecule has 0 aromatic heterocycles. The zero-order chi connectivity index (χ0) is 48.4. The van der Waals surface area contributed by atoms with Crippen LogP contribution in [0.15, 0.2) is 115 Å². The lowest BCUT2D eigenvalue weighted by Crippen LogP contribution is -2.22. The first-order valence-corrected chi connectivity index (χ1v) is 20.3. The number of nitriles is 2. The van der Waals surface area contributed by atoms with E-state index < -0.39 is 64.3 Å². The lowest BCUT2D eigenvalue weighted by molar-refractivity contribution is -0.187. The minimum absolute atomic E-state index is 0.0846. The molecule has 0 saturated heterocycles. The topological polar surface area (TPSA) is 189 Å². The van der Waals surface area contributed by atoms with Crippen LogP contribution in [0.5, 0.6) is 23.0 Å². The predicted octanol–water partition coefficient (Wildman–Crippen LogP) is 10.3. The summed E-state index contributed by atoms with van der Waals surface area (Å²) in [5, 5.41) is 17.2. The molecule has 0 unspecified atom stereocenters. The Hall–Kier alpha value is -8.12. The van der Waals surface area contributed by atoms with Crippen molar-refractivity contribution in [1.82, 2.24) is 0 Å². The predicted molar refractivity (Wildman–Crippen MR) is 233 cm³/mol. The van der Waals surface area contributed by atoms with Gasteiger partial charge in [0.05, 0.1) is 42.4 Å². The number of halogens is 6. The number of anilines is 2. The van der Waals surface area contributed by atoms with Crippen LogP contribution in [0.2, 0.25) is 0 Å². The first-order chi connectivity index (χ1) is 32.1. The molecular formula is C49H42F6N4O8. The molecule has 18 heteroatoms. The Balaban J connectivity index is 1.13. The minimum Gasteiger partial charge on any atom is -0.493 e. The van der Waals surface area contributed by atoms with Gasteiger partial charge in [-0.1, -0.05) is 30.3 Å². The fraction of sp³-hybridized carbons (Fsp3) is 0.224. The fourth-order valence-electron chi connectivity index (χ4n) is 5.94. The maximum absolute atomic E-state index is 15.0. The number of hydrogen-bond donors (Lipinski definition) is 2. The van der Waals surface area contributed by atoms with E-state index in [0.717, 1.165) is 60.7 Å². The number of ether oxygens (including phenoxy) is 6. The van der Waals surface area contributed by atoms with Gasteiger partial charge in [0.25, 0.3) is 0 Å². The van der Waals surface area contributed by atoms with Crippen LogP contribution in [-0.2, 0) is 31.3 Å². The molecule has 0 radical (unpaired) electrons. The van der Waals surface area contributed by atoms with Gasteiger partial charge in [-0.05, 0) is 102 Å². The number of unbranched alkanes of at least 4 members (excludes halogenated alkanes) is 2. The average molecular weight is 929 g/mol. The van der Waals surface area contributed by atoms with Crippen LogP contribution in [0, 0.1) is 34.3 Å². The standard InChI is InChI=1S/C49H42F6N4O8/c50-41-28-38(62-25-3-1-23-56)16-19-44(41)66-48(52,53)35-11-5-32(6-12-35)9-21-46(60)64-30-34(40-18-15-37(58)27-43(40)59)31-65-47(61)22-10-33-7-13-36(14-8-33)49(54,55)67-45-20-17-39(29-42(45)51)63-26-4-2-24-57/h5-22,27-29,34H,1-4,25-26,30-31,58-59H2/b21-9+,22-10+. The van der Waals surface area contributed by atoms with Crippen LogP contribution < -0.4 is 30.4 Å². The number of hydrogen-bond acceptors (Lipinski definition) is 12. The Morgan fingerprint density at radius 2 is 1.04 bits per heavy atom. The molecule has 0 amide bonds. The van der Waals surface area contributed by atoms with Gasteiger partial charge in [-0.3, -0.25) is 0 Å². The maximum Gasteiger partial charge on any atom is 0.426 e. The zero-order valence-electron chi connectivity index (χ0n) is 35.4. The van der Waals surface area contributed by atoms with E-state index in [1.54, 1.807) is 12.1 Å². The van der Waals surface area contributed by atoms with Crippen molar-refractivity contribution < 1.29 is 64.4 Å². The smallest absolute Gasteiger partial charge is 0.426 e. The summed E-state index contributed by atoms with van der Waals surface area (Å²) in [6.07, 6.45) is -1.88. The molecular weight excluding hydrogens is 887 g/mol. The molecule has 5 aromatic carbocycles. The van der Waals surface area contributed by atoms with Gasteiger partial charge in [0.15, 0.2) is 23.1 Å². The number of alkyl halides is 4. The van der Waals surface area contributed by atoms with E-state index in [1.807, 2.05) is 12.1 Å². The highest BCUT2D eigenvalue weighted by molar-refractivity contribution is 5.87. The molecule has 0 atom stereocenters. The van der Waals surface area contributed by atoms with E-state index in [1.165, 1.54) is 54.6 Å². The molecule has 4 N–H and O–H groups in total. The van der Waals surface area contributed by atoms with Crippen LogP contribution >= 0.6 is 0 Å². The summed E-state index contributed by atoms with van der Waals surface area (Å²) in [6, 6.07) is 24.0. The minimum atomic E-state index is -3.94. The number of carbonyl (C=O) groups is 2. The Kier molecular flexibility index (Phi) is 17.7. The molecule has 0 fully saturated rings. The largest absolute Gasteiger partial charge is 0.493 e. The molecule has 0 heterocycles. The van der Waals surface area contributed by atoms with Gasteiger partial charge in [0.1, 0.15) is 24.7 Å². The number of rotatable bonds is 23. The summed E-state index contributed by atoms with van der Waals surface area (Å²) in [5.74, 6) is -5.89. The van der Waals surface area contributed by atoms with E-state index in [0.29, 0.717) is 35.2 Å². The van der Waals surface area contributed by atoms with E-state index in [9.17, 15) is 35.9 Å². The summed E-state index contributed by atoms with van der Waals surface area (Å²) in [6.45, 7) is -0.374. The molecule has 0 bridgehead atoms. The van der Waals surface area contributed by atoms with Crippen LogP contribution in [0.3, 0.4) is 0 Å². The second kappa shape index (κ2) is 23.7. The quantitative estimate of drug-likeness (QED) is 0.0208. The SMILES string of the molecule is N#CCCCOc1ccc(OC(F)(F)c2ccc(/C=C/C(=O)OCC(COC(=O)/C=C/c3ccc(C(F)(F)Oc4ccc(OCCCC#N)cc4F)cc3)c3ccc(N)cc3N)cc2)c(F)c1. The summed E-state index contributed by atoms with van der Waals surface area (Å²) < 4.78 is 120. The Morgan fingerprint density at radius 3 is 1.43 bits per heavy atom. The van der Waals surface area contributed by atoms with Gasteiger partial charge >= 0.3 is 24.2 Å².